The summed E-state index contributed by atoms with van der Waals surface area (Å²) in [5, 5.41) is 17.5. The van der Waals surface area contributed by atoms with Crippen molar-refractivity contribution in [2.45, 2.75) is 26.4 Å². The van der Waals surface area contributed by atoms with Crippen LogP contribution in [0.3, 0.4) is 0 Å². The number of aliphatic carboxylic acids is 1. The molecule has 0 aromatic carbocycles. The average molecular weight is 226 g/mol. The van der Waals surface area contributed by atoms with E-state index in [4.69, 9.17) is 15.1 Å². The van der Waals surface area contributed by atoms with Crippen molar-refractivity contribution in [3.8, 4) is 6.07 Å². The number of carboxylic acids is 1. The zero-order valence-corrected chi connectivity index (χ0v) is 9.48. The van der Waals surface area contributed by atoms with E-state index in [0.29, 0.717) is 0 Å². The minimum atomic E-state index is -1.46. The van der Waals surface area contributed by atoms with Crippen LogP contribution >= 0.6 is 0 Å². The van der Waals surface area contributed by atoms with Crippen LogP contribution in [0.2, 0.25) is 0 Å². The number of hydrogen-bond donors (Lipinski definition) is 1. The number of nitrogens with zero attached hydrogens (tertiary/aromatic N) is 2. The van der Waals surface area contributed by atoms with Crippen LogP contribution in [0.25, 0.3) is 0 Å². The minimum Gasteiger partial charge on any atom is -0.480 e. The van der Waals surface area contributed by atoms with Crippen LogP contribution in [-0.4, -0.2) is 40.8 Å². The summed E-state index contributed by atoms with van der Waals surface area (Å²) < 4.78 is 5.04. The molecule has 1 rings (SSSR count). The Morgan fingerprint density at radius 1 is 1.44 bits per heavy atom. The Labute approximate surface area is 93.4 Å². The summed E-state index contributed by atoms with van der Waals surface area (Å²) >= 11 is 0. The zero-order valence-electron chi connectivity index (χ0n) is 9.48. The molecule has 0 bridgehead atoms. The van der Waals surface area contributed by atoms with Gasteiger partial charge in [-0.05, 0) is 20.8 Å². The first-order valence-electron chi connectivity index (χ1n) is 4.83. The molecule has 88 valence electrons. The predicted octanol–water partition coefficient (Wildman–Crippen LogP) is 0.832. The Morgan fingerprint density at radius 2 is 1.94 bits per heavy atom. The first-order valence-corrected chi connectivity index (χ1v) is 4.83. The molecule has 1 aliphatic heterocycles. The van der Waals surface area contributed by atoms with Gasteiger partial charge in [-0.25, -0.2) is 4.79 Å². The highest BCUT2D eigenvalue weighted by Crippen LogP contribution is 2.31. The molecule has 1 fully saturated rings. The van der Waals surface area contributed by atoms with E-state index in [1.54, 1.807) is 26.8 Å². The van der Waals surface area contributed by atoms with Crippen LogP contribution < -0.4 is 0 Å². The molecule has 0 radical (unpaired) electrons. The molecule has 1 aliphatic rings. The van der Waals surface area contributed by atoms with Crippen molar-refractivity contribution in [1.82, 2.24) is 4.90 Å². The average Bonchev–Trinajstić information content (AvgIpc) is 1.98. The molecular formula is C10H14N2O4. The summed E-state index contributed by atoms with van der Waals surface area (Å²) in [6.07, 6.45) is -0.584. The summed E-state index contributed by atoms with van der Waals surface area (Å²) in [5.74, 6) is -1.20. The lowest BCUT2D eigenvalue weighted by Crippen LogP contribution is -2.62. The number of amides is 1. The minimum absolute atomic E-state index is 0.117. The topological polar surface area (TPSA) is 90.6 Å². The van der Waals surface area contributed by atoms with Crippen molar-refractivity contribution in [2.75, 3.05) is 13.1 Å². The number of carbonyl (C=O) groups excluding carboxylic acids is 1. The quantitative estimate of drug-likeness (QED) is 0.715. The van der Waals surface area contributed by atoms with E-state index in [-0.39, 0.29) is 13.1 Å². The van der Waals surface area contributed by atoms with Gasteiger partial charge in [-0.3, -0.25) is 4.79 Å². The predicted molar refractivity (Wildman–Crippen MR) is 53.5 cm³/mol. The third-order valence-corrected chi connectivity index (χ3v) is 2.20. The van der Waals surface area contributed by atoms with Crippen molar-refractivity contribution in [1.29, 1.82) is 5.26 Å². The van der Waals surface area contributed by atoms with Crippen LogP contribution in [0.4, 0.5) is 4.79 Å². The fraction of sp³-hybridized carbons (Fsp3) is 0.700. The van der Waals surface area contributed by atoms with Crippen LogP contribution in [0.15, 0.2) is 0 Å². The van der Waals surface area contributed by atoms with Gasteiger partial charge in [0.25, 0.3) is 0 Å². The van der Waals surface area contributed by atoms with Gasteiger partial charge in [-0.2, -0.15) is 5.26 Å². The molecule has 0 unspecified atom stereocenters. The lowest BCUT2D eigenvalue weighted by atomic mass is 9.82. The highest BCUT2D eigenvalue weighted by Gasteiger charge is 2.53. The Morgan fingerprint density at radius 3 is 2.25 bits per heavy atom. The van der Waals surface area contributed by atoms with Gasteiger partial charge in [-0.1, -0.05) is 0 Å². The van der Waals surface area contributed by atoms with Gasteiger partial charge in [0.15, 0.2) is 5.41 Å². The van der Waals surface area contributed by atoms with Gasteiger partial charge in [0.2, 0.25) is 0 Å². The molecule has 0 aliphatic carbocycles. The standard InChI is InChI=1S/C10H14N2O4/c1-9(2,3)16-8(15)12-5-10(4-11,6-12)7(13)14/h5-6H2,1-3H3,(H,13,14). The van der Waals surface area contributed by atoms with E-state index in [2.05, 4.69) is 0 Å². The fourth-order valence-corrected chi connectivity index (χ4v) is 1.31. The number of hydrogen-bond acceptors (Lipinski definition) is 4. The maximum atomic E-state index is 11.5. The fourth-order valence-electron chi connectivity index (χ4n) is 1.31. The molecule has 1 heterocycles. The van der Waals surface area contributed by atoms with E-state index in [1.165, 1.54) is 4.90 Å². The second-order valence-electron chi connectivity index (χ2n) is 4.84. The Kier molecular flexibility index (Phi) is 2.82. The highest BCUT2D eigenvalue weighted by atomic mass is 16.6. The molecule has 6 heteroatoms. The molecule has 0 saturated carbocycles. The molecule has 1 amide bonds. The van der Waals surface area contributed by atoms with Crippen molar-refractivity contribution >= 4 is 12.1 Å². The smallest absolute Gasteiger partial charge is 0.410 e. The molecule has 0 atom stereocenters. The van der Waals surface area contributed by atoms with Crippen LogP contribution in [0.5, 0.6) is 0 Å². The van der Waals surface area contributed by atoms with Gasteiger partial charge in [0, 0.05) is 0 Å². The Bertz CT molecular complexity index is 358. The van der Waals surface area contributed by atoms with Gasteiger partial charge < -0.3 is 14.7 Å². The first-order chi connectivity index (χ1) is 7.20. The molecular weight excluding hydrogens is 212 g/mol. The third kappa shape index (κ3) is 2.24. The SMILES string of the molecule is CC(C)(C)OC(=O)N1CC(C#N)(C(=O)O)C1. The molecule has 0 aromatic rings. The summed E-state index contributed by atoms with van der Waals surface area (Å²) in [6.45, 7) is 4.93. The van der Waals surface area contributed by atoms with Gasteiger partial charge >= 0.3 is 12.1 Å². The van der Waals surface area contributed by atoms with Crippen molar-refractivity contribution < 1.29 is 19.4 Å². The normalized spacial score (nSPS) is 18.2. The second-order valence-corrected chi connectivity index (χ2v) is 4.84. The zero-order chi connectivity index (χ0) is 12.6. The molecule has 0 aromatic heterocycles. The molecule has 1 saturated heterocycles. The molecule has 16 heavy (non-hydrogen) atoms. The van der Waals surface area contributed by atoms with Crippen LogP contribution in [-0.2, 0) is 9.53 Å². The van der Waals surface area contributed by atoms with Gasteiger partial charge in [0.05, 0.1) is 19.2 Å². The van der Waals surface area contributed by atoms with E-state index in [0.717, 1.165) is 0 Å². The lowest BCUT2D eigenvalue weighted by Gasteiger charge is -2.42. The monoisotopic (exact) mass is 226 g/mol. The van der Waals surface area contributed by atoms with Gasteiger partial charge in [-0.15, -0.1) is 0 Å². The van der Waals surface area contributed by atoms with Crippen molar-refractivity contribution in [3.05, 3.63) is 0 Å². The number of ether oxygens (including phenoxy) is 1. The third-order valence-electron chi connectivity index (χ3n) is 2.20. The number of likely N-dealkylation sites (tertiary alicyclic amines) is 1. The van der Waals surface area contributed by atoms with Crippen LogP contribution in [0, 0.1) is 16.7 Å². The Balaban J connectivity index is 2.57. The molecule has 0 spiro atoms. The number of carboxylic acid groups (broad SMARTS) is 1. The van der Waals surface area contributed by atoms with E-state index in [9.17, 15) is 9.59 Å². The van der Waals surface area contributed by atoms with E-state index in [1.807, 2.05) is 0 Å². The number of rotatable bonds is 1. The maximum Gasteiger partial charge on any atom is 0.410 e. The largest absolute Gasteiger partial charge is 0.480 e. The number of carbonyl (C=O) groups is 2. The summed E-state index contributed by atoms with van der Waals surface area (Å²) in [7, 11) is 0. The summed E-state index contributed by atoms with van der Waals surface area (Å²) in [5.41, 5.74) is -2.08. The van der Waals surface area contributed by atoms with E-state index >= 15 is 0 Å². The summed E-state index contributed by atoms with van der Waals surface area (Å²) in [6, 6.07) is 1.71. The van der Waals surface area contributed by atoms with Gasteiger partial charge in [0.1, 0.15) is 5.60 Å². The van der Waals surface area contributed by atoms with Crippen molar-refractivity contribution in [2.24, 2.45) is 5.41 Å². The molecule has 1 N–H and O–H groups in total. The maximum absolute atomic E-state index is 11.5. The van der Waals surface area contributed by atoms with Crippen LogP contribution in [0.1, 0.15) is 20.8 Å². The number of nitriles is 1. The Hall–Kier alpha value is -1.77. The van der Waals surface area contributed by atoms with Crippen molar-refractivity contribution in [3.63, 3.8) is 0 Å². The lowest BCUT2D eigenvalue weighted by molar-refractivity contribution is -0.153. The summed E-state index contributed by atoms with van der Waals surface area (Å²) in [4.78, 5) is 23.5. The second kappa shape index (κ2) is 3.67. The highest BCUT2D eigenvalue weighted by molar-refractivity contribution is 5.83. The van der Waals surface area contributed by atoms with E-state index < -0.39 is 23.1 Å². The first kappa shape index (κ1) is 12.3. The molecule has 6 nitrogen and oxygen atoms in total.